The van der Waals surface area contributed by atoms with Gasteiger partial charge < -0.3 is 10.1 Å². The third kappa shape index (κ3) is 2.85. The number of aromatic nitrogens is 2. The predicted molar refractivity (Wildman–Crippen MR) is 44.1 cm³/mol. The second kappa shape index (κ2) is 4.02. The third-order valence-electron chi connectivity index (χ3n) is 1.63. The van der Waals surface area contributed by atoms with Gasteiger partial charge >= 0.3 is 5.97 Å². The van der Waals surface area contributed by atoms with Gasteiger partial charge in [0, 0.05) is 11.9 Å². The van der Waals surface area contributed by atoms with Crippen molar-refractivity contribution in [3.63, 3.8) is 0 Å². The van der Waals surface area contributed by atoms with E-state index in [2.05, 4.69) is 9.97 Å². The van der Waals surface area contributed by atoms with Gasteiger partial charge in [0.1, 0.15) is 5.82 Å². The van der Waals surface area contributed by atoms with E-state index < -0.39 is 12.1 Å². The summed E-state index contributed by atoms with van der Waals surface area (Å²) in [7, 11) is 0. The number of H-pyrrole nitrogens is 1. The number of halogens is 1. The van der Waals surface area contributed by atoms with Crippen molar-refractivity contribution in [2.75, 3.05) is 0 Å². The number of alkyl halides is 1. The number of hydrogen-bond acceptors (Lipinski definition) is 2. The Kier molecular flexibility index (Phi) is 3.00. The number of nitrogens with one attached hydrogen (secondary N) is 1. The molecule has 4 nitrogen and oxygen atoms in total. The molecule has 72 valence electrons. The maximum atomic E-state index is 12.6. The maximum Gasteiger partial charge on any atom is 0.303 e. The van der Waals surface area contributed by atoms with Crippen molar-refractivity contribution in [1.82, 2.24) is 9.97 Å². The van der Waals surface area contributed by atoms with Crippen molar-refractivity contribution in [1.29, 1.82) is 0 Å². The standard InChI is InChI=1S/C8H11FN2O2/c1-5(9)8-10-4-6(11-8)2-3-7(12)13/h4-5H,2-3H2,1H3,(H,10,11)(H,12,13). The van der Waals surface area contributed by atoms with E-state index in [4.69, 9.17) is 5.11 Å². The topological polar surface area (TPSA) is 66.0 Å². The van der Waals surface area contributed by atoms with Gasteiger partial charge in [-0.05, 0) is 13.3 Å². The first-order valence-electron chi connectivity index (χ1n) is 3.99. The summed E-state index contributed by atoms with van der Waals surface area (Å²) in [6.07, 6.45) is 0.713. The minimum Gasteiger partial charge on any atom is -0.481 e. The molecule has 0 aromatic carbocycles. The van der Waals surface area contributed by atoms with Gasteiger partial charge in [0.25, 0.3) is 0 Å². The molecular weight excluding hydrogens is 175 g/mol. The Bertz CT molecular complexity index is 296. The van der Waals surface area contributed by atoms with Crippen LogP contribution in [-0.4, -0.2) is 21.0 Å². The molecule has 0 amide bonds. The highest BCUT2D eigenvalue weighted by atomic mass is 19.1. The molecular formula is C8H11FN2O2. The van der Waals surface area contributed by atoms with Crippen LogP contribution in [0.3, 0.4) is 0 Å². The van der Waals surface area contributed by atoms with Gasteiger partial charge in [-0.1, -0.05) is 0 Å². The highest BCUT2D eigenvalue weighted by molar-refractivity contribution is 5.66. The fraction of sp³-hybridized carbons (Fsp3) is 0.500. The zero-order valence-corrected chi connectivity index (χ0v) is 7.25. The maximum absolute atomic E-state index is 12.6. The minimum absolute atomic E-state index is 0.0301. The van der Waals surface area contributed by atoms with E-state index in [9.17, 15) is 9.18 Å². The first kappa shape index (κ1) is 9.70. The summed E-state index contributed by atoms with van der Waals surface area (Å²) in [5, 5.41) is 8.38. The number of hydrogen-bond donors (Lipinski definition) is 2. The van der Waals surface area contributed by atoms with Crippen LogP contribution < -0.4 is 0 Å². The van der Waals surface area contributed by atoms with Crippen molar-refractivity contribution in [2.24, 2.45) is 0 Å². The molecule has 0 fully saturated rings. The molecule has 1 rings (SSSR count). The van der Waals surface area contributed by atoms with Crippen LogP contribution in [0.4, 0.5) is 4.39 Å². The molecule has 0 aliphatic heterocycles. The van der Waals surface area contributed by atoms with Crippen LogP contribution in [0.1, 0.15) is 31.0 Å². The first-order chi connectivity index (χ1) is 6.09. The Morgan fingerprint density at radius 2 is 2.54 bits per heavy atom. The molecule has 0 aliphatic rings. The van der Waals surface area contributed by atoms with Gasteiger partial charge in [-0.25, -0.2) is 9.37 Å². The Morgan fingerprint density at radius 3 is 3.00 bits per heavy atom. The van der Waals surface area contributed by atoms with Crippen LogP contribution >= 0.6 is 0 Å². The van der Waals surface area contributed by atoms with Crippen molar-refractivity contribution in [2.45, 2.75) is 25.9 Å². The van der Waals surface area contributed by atoms with E-state index in [0.717, 1.165) is 0 Å². The van der Waals surface area contributed by atoms with Gasteiger partial charge in [-0.2, -0.15) is 0 Å². The Hall–Kier alpha value is -1.39. The van der Waals surface area contributed by atoms with E-state index >= 15 is 0 Å². The van der Waals surface area contributed by atoms with E-state index in [1.54, 1.807) is 0 Å². The lowest BCUT2D eigenvalue weighted by molar-refractivity contribution is -0.136. The molecule has 1 atom stereocenters. The van der Waals surface area contributed by atoms with Crippen molar-refractivity contribution in [3.8, 4) is 0 Å². The third-order valence-corrected chi connectivity index (χ3v) is 1.63. The summed E-state index contributed by atoms with van der Waals surface area (Å²) in [4.78, 5) is 16.7. The normalized spacial score (nSPS) is 12.8. The molecule has 0 spiro atoms. The van der Waals surface area contributed by atoms with E-state index in [1.165, 1.54) is 13.1 Å². The lowest BCUT2D eigenvalue weighted by Crippen LogP contribution is -1.97. The molecule has 0 bridgehead atoms. The summed E-state index contributed by atoms with van der Waals surface area (Å²) >= 11 is 0. The van der Waals surface area contributed by atoms with Crippen molar-refractivity contribution < 1.29 is 14.3 Å². The zero-order chi connectivity index (χ0) is 9.84. The highest BCUT2D eigenvalue weighted by Crippen LogP contribution is 2.12. The SMILES string of the molecule is CC(F)c1ncc(CCC(=O)O)[nH]1. The van der Waals surface area contributed by atoms with Crippen LogP contribution in [0.25, 0.3) is 0 Å². The summed E-state index contributed by atoms with van der Waals surface area (Å²) in [6, 6.07) is 0. The molecule has 0 radical (unpaired) electrons. The molecule has 1 heterocycles. The van der Waals surface area contributed by atoms with Crippen molar-refractivity contribution >= 4 is 5.97 Å². The fourth-order valence-corrected chi connectivity index (χ4v) is 0.947. The zero-order valence-electron chi connectivity index (χ0n) is 7.25. The van der Waals surface area contributed by atoms with Crippen LogP contribution in [-0.2, 0) is 11.2 Å². The number of nitrogens with zero attached hydrogens (tertiary/aromatic N) is 1. The summed E-state index contributed by atoms with van der Waals surface area (Å²) < 4.78 is 12.6. The number of imidazole rings is 1. The van der Waals surface area contributed by atoms with E-state index in [0.29, 0.717) is 12.1 Å². The smallest absolute Gasteiger partial charge is 0.303 e. The molecule has 5 heteroatoms. The molecule has 2 N–H and O–H groups in total. The molecule has 1 aromatic heterocycles. The lowest BCUT2D eigenvalue weighted by atomic mass is 10.2. The van der Waals surface area contributed by atoms with Crippen LogP contribution in [0.5, 0.6) is 0 Å². The number of aromatic amines is 1. The second-order valence-electron chi connectivity index (χ2n) is 2.80. The number of carboxylic acids is 1. The lowest BCUT2D eigenvalue weighted by Gasteiger charge is -1.95. The molecule has 1 unspecified atom stereocenters. The molecule has 0 saturated carbocycles. The Balaban J connectivity index is 2.54. The summed E-state index contributed by atoms with van der Waals surface area (Å²) in [6.45, 7) is 1.37. The molecule has 0 saturated heterocycles. The van der Waals surface area contributed by atoms with Gasteiger partial charge in [0.15, 0.2) is 6.17 Å². The van der Waals surface area contributed by atoms with Crippen LogP contribution in [0.15, 0.2) is 6.20 Å². The quantitative estimate of drug-likeness (QED) is 0.748. The number of aryl methyl sites for hydroxylation is 1. The number of aliphatic carboxylic acids is 1. The monoisotopic (exact) mass is 186 g/mol. The number of carbonyl (C=O) groups is 1. The summed E-state index contributed by atoms with van der Waals surface area (Å²) in [5.41, 5.74) is 0.655. The minimum atomic E-state index is -1.14. The largest absolute Gasteiger partial charge is 0.481 e. The Morgan fingerprint density at radius 1 is 1.85 bits per heavy atom. The van der Waals surface area contributed by atoms with Crippen LogP contribution in [0, 0.1) is 0 Å². The van der Waals surface area contributed by atoms with E-state index in [1.807, 2.05) is 0 Å². The predicted octanol–water partition coefficient (Wildman–Crippen LogP) is 1.46. The first-order valence-corrected chi connectivity index (χ1v) is 3.99. The summed E-state index contributed by atoms with van der Waals surface area (Å²) in [5.74, 6) is -0.621. The Labute approximate surface area is 74.8 Å². The molecule has 1 aromatic rings. The van der Waals surface area contributed by atoms with Gasteiger partial charge in [-0.15, -0.1) is 0 Å². The second-order valence-corrected chi connectivity index (χ2v) is 2.80. The van der Waals surface area contributed by atoms with Gasteiger partial charge in [-0.3, -0.25) is 4.79 Å². The van der Waals surface area contributed by atoms with Crippen LogP contribution in [0.2, 0.25) is 0 Å². The fourth-order valence-electron chi connectivity index (χ4n) is 0.947. The van der Waals surface area contributed by atoms with Gasteiger partial charge in [0.05, 0.1) is 6.42 Å². The highest BCUT2D eigenvalue weighted by Gasteiger charge is 2.08. The molecule has 0 aliphatic carbocycles. The number of carboxylic acid groups (broad SMARTS) is 1. The average Bonchev–Trinajstić information content (AvgIpc) is 2.48. The molecule has 13 heavy (non-hydrogen) atoms. The van der Waals surface area contributed by atoms with E-state index in [-0.39, 0.29) is 12.2 Å². The number of rotatable bonds is 4. The average molecular weight is 186 g/mol. The van der Waals surface area contributed by atoms with Crippen molar-refractivity contribution in [3.05, 3.63) is 17.7 Å². The van der Waals surface area contributed by atoms with Gasteiger partial charge in [0.2, 0.25) is 0 Å².